The van der Waals surface area contributed by atoms with Gasteiger partial charge >= 0.3 is 0 Å². The molecule has 3 aromatic rings. The Balaban J connectivity index is 1.56. The van der Waals surface area contributed by atoms with E-state index < -0.39 is 0 Å². The van der Waals surface area contributed by atoms with Gasteiger partial charge in [0.05, 0.1) is 22.6 Å². The second-order valence-corrected chi connectivity index (χ2v) is 7.17. The SMILES string of the molecule is Cc1cc(-c2snnc2[C@@H]2CCCN(C(=O)c3cncc(N)c3)C2)on1. The number of anilines is 1. The van der Waals surface area contributed by atoms with Crippen molar-refractivity contribution < 1.29 is 9.32 Å². The van der Waals surface area contributed by atoms with E-state index in [9.17, 15) is 4.79 Å². The highest BCUT2D eigenvalue weighted by molar-refractivity contribution is 7.09. The van der Waals surface area contributed by atoms with Crippen molar-refractivity contribution in [1.82, 2.24) is 24.6 Å². The average molecular weight is 370 g/mol. The van der Waals surface area contributed by atoms with E-state index in [0.29, 0.717) is 30.1 Å². The Kier molecular flexibility index (Phi) is 4.37. The van der Waals surface area contributed by atoms with Gasteiger partial charge in [-0.25, -0.2) is 0 Å². The molecule has 2 N–H and O–H groups in total. The molecule has 0 aromatic carbocycles. The van der Waals surface area contributed by atoms with Gasteiger partial charge in [0.1, 0.15) is 4.88 Å². The van der Waals surface area contributed by atoms with Crippen molar-refractivity contribution in [3.8, 4) is 10.6 Å². The van der Waals surface area contributed by atoms with Crippen molar-refractivity contribution in [2.75, 3.05) is 18.8 Å². The zero-order valence-electron chi connectivity index (χ0n) is 14.3. The number of likely N-dealkylation sites (tertiary alicyclic amines) is 1. The highest BCUT2D eigenvalue weighted by atomic mass is 32.1. The van der Waals surface area contributed by atoms with Gasteiger partial charge in [0.25, 0.3) is 5.91 Å². The quantitative estimate of drug-likeness (QED) is 0.754. The lowest BCUT2D eigenvalue weighted by atomic mass is 9.93. The number of nitrogen functional groups attached to an aromatic ring is 1. The van der Waals surface area contributed by atoms with Crippen LogP contribution >= 0.6 is 11.5 Å². The minimum absolute atomic E-state index is 0.0604. The van der Waals surface area contributed by atoms with Gasteiger partial charge in [0.15, 0.2) is 5.76 Å². The Morgan fingerprint density at radius 3 is 3.04 bits per heavy atom. The Labute approximate surface area is 154 Å². The number of nitrogens with zero attached hydrogens (tertiary/aromatic N) is 5. The van der Waals surface area contributed by atoms with Gasteiger partial charge in [-0.2, -0.15) is 0 Å². The number of nitrogens with two attached hydrogens (primary N) is 1. The molecule has 0 spiro atoms. The summed E-state index contributed by atoms with van der Waals surface area (Å²) in [5.41, 5.74) is 8.42. The number of pyridine rings is 1. The predicted molar refractivity (Wildman–Crippen MR) is 96.7 cm³/mol. The van der Waals surface area contributed by atoms with E-state index in [1.807, 2.05) is 17.9 Å². The largest absolute Gasteiger partial charge is 0.397 e. The standard InChI is InChI=1S/C17H18N6O2S/c1-10-5-14(25-21-10)16-15(20-22-26-16)11-3-2-4-23(9-11)17(24)12-6-13(18)8-19-7-12/h5-8,11H,2-4,9,18H2,1H3/t11-/m1/s1. The van der Waals surface area contributed by atoms with Gasteiger partial charge in [-0.05, 0) is 37.4 Å². The van der Waals surface area contributed by atoms with Crippen molar-refractivity contribution in [2.45, 2.75) is 25.7 Å². The minimum atomic E-state index is -0.0604. The molecular formula is C17H18N6O2S. The highest BCUT2D eigenvalue weighted by Crippen LogP contribution is 2.35. The maximum absolute atomic E-state index is 12.8. The number of carbonyl (C=O) groups excluding carboxylic acids is 1. The molecule has 0 bridgehead atoms. The number of hydrogen-bond donors (Lipinski definition) is 1. The molecule has 134 valence electrons. The average Bonchev–Trinajstić information content (AvgIpc) is 3.30. The Hall–Kier alpha value is -2.81. The van der Waals surface area contributed by atoms with E-state index in [-0.39, 0.29) is 11.8 Å². The van der Waals surface area contributed by atoms with Crippen LogP contribution in [0, 0.1) is 6.92 Å². The van der Waals surface area contributed by atoms with Crippen LogP contribution in [0.5, 0.6) is 0 Å². The third kappa shape index (κ3) is 3.17. The van der Waals surface area contributed by atoms with Crippen LogP contribution in [0.4, 0.5) is 5.69 Å². The molecule has 4 rings (SSSR count). The first-order chi connectivity index (χ1) is 12.6. The zero-order chi connectivity index (χ0) is 18.1. The van der Waals surface area contributed by atoms with Crippen molar-refractivity contribution in [2.24, 2.45) is 0 Å². The van der Waals surface area contributed by atoms with Crippen LogP contribution in [-0.2, 0) is 0 Å². The maximum atomic E-state index is 12.8. The number of rotatable bonds is 3. The molecule has 1 fully saturated rings. The van der Waals surface area contributed by atoms with E-state index in [1.54, 1.807) is 12.3 Å². The first kappa shape index (κ1) is 16.6. The zero-order valence-corrected chi connectivity index (χ0v) is 15.1. The number of piperidine rings is 1. The van der Waals surface area contributed by atoms with Crippen molar-refractivity contribution in [1.29, 1.82) is 0 Å². The summed E-state index contributed by atoms with van der Waals surface area (Å²) in [6, 6.07) is 3.54. The smallest absolute Gasteiger partial charge is 0.255 e. The monoisotopic (exact) mass is 370 g/mol. The molecule has 1 saturated heterocycles. The summed E-state index contributed by atoms with van der Waals surface area (Å²) in [5.74, 6) is 0.728. The van der Waals surface area contributed by atoms with Crippen molar-refractivity contribution in [3.05, 3.63) is 41.5 Å². The fraction of sp³-hybridized carbons (Fsp3) is 0.353. The molecule has 1 aliphatic rings. The van der Waals surface area contributed by atoms with Crippen LogP contribution in [0.2, 0.25) is 0 Å². The number of hydrogen-bond acceptors (Lipinski definition) is 8. The molecule has 0 aliphatic carbocycles. The molecule has 3 aromatic heterocycles. The normalized spacial score (nSPS) is 17.4. The Bertz CT molecular complexity index is 937. The van der Waals surface area contributed by atoms with Gasteiger partial charge in [-0.15, -0.1) is 5.10 Å². The lowest BCUT2D eigenvalue weighted by Gasteiger charge is -2.32. The number of amides is 1. The fourth-order valence-corrected chi connectivity index (χ4v) is 3.95. The van der Waals surface area contributed by atoms with Gasteiger partial charge in [-0.1, -0.05) is 9.64 Å². The van der Waals surface area contributed by atoms with Gasteiger partial charge < -0.3 is 15.2 Å². The van der Waals surface area contributed by atoms with Crippen LogP contribution in [0.15, 0.2) is 29.0 Å². The summed E-state index contributed by atoms with van der Waals surface area (Å²) in [7, 11) is 0. The molecule has 8 nitrogen and oxygen atoms in total. The molecule has 1 atom stereocenters. The van der Waals surface area contributed by atoms with E-state index in [2.05, 4.69) is 19.7 Å². The third-order valence-electron chi connectivity index (χ3n) is 4.47. The summed E-state index contributed by atoms with van der Waals surface area (Å²) < 4.78 is 9.47. The third-order valence-corrected chi connectivity index (χ3v) is 5.22. The second-order valence-electron chi connectivity index (χ2n) is 6.42. The van der Waals surface area contributed by atoms with Crippen LogP contribution in [0.1, 0.15) is 40.5 Å². The molecule has 4 heterocycles. The van der Waals surface area contributed by atoms with Crippen LogP contribution in [0.3, 0.4) is 0 Å². The topological polar surface area (TPSA) is 111 Å². The lowest BCUT2D eigenvalue weighted by Crippen LogP contribution is -2.39. The summed E-state index contributed by atoms with van der Waals surface area (Å²) in [5, 5.41) is 8.26. The molecular weight excluding hydrogens is 352 g/mol. The molecule has 0 radical (unpaired) electrons. The first-order valence-corrected chi connectivity index (χ1v) is 9.15. The first-order valence-electron chi connectivity index (χ1n) is 8.37. The van der Waals surface area contributed by atoms with Gasteiger partial charge in [0, 0.05) is 37.5 Å². The van der Waals surface area contributed by atoms with E-state index in [4.69, 9.17) is 10.3 Å². The number of aryl methyl sites for hydroxylation is 1. The molecule has 26 heavy (non-hydrogen) atoms. The minimum Gasteiger partial charge on any atom is -0.397 e. The summed E-state index contributed by atoms with van der Waals surface area (Å²) >= 11 is 1.29. The number of aromatic nitrogens is 4. The molecule has 0 saturated carbocycles. The van der Waals surface area contributed by atoms with E-state index in [1.165, 1.54) is 17.7 Å². The van der Waals surface area contributed by atoms with Gasteiger partial charge in [-0.3, -0.25) is 9.78 Å². The van der Waals surface area contributed by atoms with Gasteiger partial charge in [0.2, 0.25) is 0 Å². The van der Waals surface area contributed by atoms with Crippen LogP contribution < -0.4 is 5.73 Å². The second kappa shape index (κ2) is 6.83. The van der Waals surface area contributed by atoms with E-state index in [0.717, 1.165) is 29.1 Å². The maximum Gasteiger partial charge on any atom is 0.255 e. The Morgan fingerprint density at radius 2 is 2.27 bits per heavy atom. The summed E-state index contributed by atoms with van der Waals surface area (Å²) in [6.07, 6.45) is 4.93. The highest BCUT2D eigenvalue weighted by Gasteiger charge is 2.30. The summed E-state index contributed by atoms with van der Waals surface area (Å²) in [4.78, 5) is 19.5. The molecule has 0 unspecified atom stereocenters. The summed E-state index contributed by atoms with van der Waals surface area (Å²) in [6.45, 7) is 3.17. The fourth-order valence-electron chi connectivity index (χ4n) is 3.25. The predicted octanol–water partition coefficient (Wildman–Crippen LogP) is 2.50. The lowest BCUT2D eigenvalue weighted by molar-refractivity contribution is 0.0705. The van der Waals surface area contributed by atoms with Crippen molar-refractivity contribution >= 4 is 23.1 Å². The molecule has 1 aliphatic heterocycles. The molecule has 9 heteroatoms. The number of carbonyl (C=O) groups is 1. The van der Waals surface area contributed by atoms with Crippen LogP contribution in [0.25, 0.3) is 10.6 Å². The van der Waals surface area contributed by atoms with Crippen LogP contribution in [-0.4, -0.2) is 43.6 Å². The van der Waals surface area contributed by atoms with E-state index >= 15 is 0 Å². The Morgan fingerprint density at radius 1 is 1.38 bits per heavy atom. The van der Waals surface area contributed by atoms with Crippen molar-refractivity contribution in [3.63, 3.8) is 0 Å². The molecule has 1 amide bonds.